The molecule has 2 nitrogen and oxygen atoms in total. The molecule has 0 aromatic heterocycles. The summed E-state index contributed by atoms with van der Waals surface area (Å²) in [6.07, 6.45) is 0.414. The van der Waals surface area contributed by atoms with Gasteiger partial charge in [0.25, 0.3) is 0 Å². The topological polar surface area (TPSA) is 20.3 Å². The van der Waals surface area contributed by atoms with Gasteiger partial charge in [0.05, 0.1) is 0 Å². The molecule has 98 valence electrons. The highest BCUT2D eigenvalue weighted by atomic mass is 19.1. The van der Waals surface area contributed by atoms with E-state index < -0.39 is 0 Å². The molecule has 0 aliphatic carbocycles. The Morgan fingerprint density at radius 3 is 2.32 bits per heavy atom. The Labute approximate surface area is 112 Å². The van der Waals surface area contributed by atoms with E-state index >= 15 is 0 Å². The van der Waals surface area contributed by atoms with E-state index in [1.54, 1.807) is 0 Å². The first-order valence-electron chi connectivity index (χ1n) is 6.22. The predicted octanol–water partition coefficient (Wildman–Crippen LogP) is 3.53. The third kappa shape index (κ3) is 3.65. The van der Waals surface area contributed by atoms with E-state index in [2.05, 4.69) is 0 Å². The van der Waals surface area contributed by atoms with E-state index in [0.29, 0.717) is 18.5 Å². The number of halogens is 1. The van der Waals surface area contributed by atoms with Crippen LogP contribution in [0, 0.1) is 5.82 Å². The summed E-state index contributed by atoms with van der Waals surface area (Å²) in [5, 5.41) is 0. The summed E-state index contributed by atoms with van der Waals surface area (Å²) in [4.78, 5) is 14.0. The molecule has 0 N–H and O–H groups in total. The average molecular weight is 257 g/mol. The van der Waals surface area contributed by atoms with Crippen molar-refractivity contribution in [2.75, 3.05) is 18.5 Å². The third-order valence-corrected chi connectivity index (χ3v) is 3.04. The van der Waals surface area contributed by atoms with E-state index in [1.807, 2.05) is 42.3 Å². The molecule has 19 heavy (non-hydrogen) atoms. The molecule has 0 bridgehead atoms. The van der Waals surface area contributed by atoms with Crippen molar-refractivity contribution in [2.45, 2.75) is 6.42 Å². The van der Waals surface area contributed by atoms with Gasteiger partial charge in [0.15, 0.2) is 5.78 Å². The monoisotopic (exact) mass is 257 g/mol. The number of para-hydroxylation sites is 1. The summed E-state index contributed by atoms with van der Waals surface area (Å²) in [5.74, 6) is -0.291. The molecule has 0 saturated carbocycles. The lowest BCUT2D eigenvalue weighted by Gasteiger charge is -2.18. The van der Waals surface area contributed by atoms with Crippen LogP contribution >= 0.6 is 0 Å². The summed E-state index contributed by atoms with van der Waals surface area (Å²) in [6, 6.07) is 15.6. The van der Waals surface area contributed by atoms with Crippen molar-refractivity contribution in [3.8, 4) is 0 Å². The molecule has 0 atom stereocenters. The van der Waals surface area contributed by atoms with E-state index in [-0.39, 0.29) is 11.6 Å². The summed E-state index contributed by atoms with van der Waals surface area (Å²) in [5.41, 5.74) is 1.64. The normalized spacial score (nSPS) is 10.2. The van der Waals surface area contributed by atoms with Crippen LogP contribution in [0.4, 0.5) is 10.1 Å². The standard InChI is InChI=1S/C16H16FNO/c1-18(15-5-3-2-4-6-15)12-11-16(19)13-7-9-14(17)10-8-13/h2-10H,11-12H2,1H3. The zero-order chi connectivity index (χ0) is 13.7. The van der Waals surface area contributed by atoms with Crippen LogP contribution in [-0.2, 0) is 0 Å². The molecule has 2 aromatic rings. The first-order chi connectivity index (χ1) is 9.16. The first kappa shape index (κ1) is 13.3. The molecular formula is C16H16FNO. The van der Waals surface area contributed by atoms with E-state index in [9.17, 15) is 9.18 Å². The molecule has 2 rings (SSSR count). The fourth-order valence-corrected chi connectivity index (χ4v) is 1.86. The Balaban J connectivity index is 1.92. The van der Waals surface area contributed by atoms with Crippen LogP contribution in [0.15, 0.2) is 54.6 Å². The molecule has 0 radical (unpaired) electrons. The molecular weight excluding hydrogens is 241 g/mol. The van der Waals surface area contributed by atoms with Crippen molar-refractivity contribution in [3.63, 3.8) is 0 Å². The Morgan fingerprint density at radius 2 is 1.68 bits per heavy atom. The summed E-state index contributed by atoms with van der Waals surface area (Å²) in [7, 11) is 1.95. The highest BCUT2D eigenvalue weighted by molar-refractivity contribution is 5.96. The molecule has 0 unspecified atom stereocenters. The van der Waals surface area contributed by atoms with Gasteiger partial charge in [-0.05, 0) is 36.4 Å². The number of carbonyl (C=O) groups excluding carboxylic acids is 1. The maximum Gasteiger partial charge on any atom is 0.164 e. The molecule has 0 saturated heterocycles. The lowest BCUT2D eigenvalue weighted by atomic mass is 10.1. The van der Waals surface area contributed by atoms with E-state index in [0.717, 1.165) is 5.69 Å². The maximum absolute atomic E-state index is 12.8. The van der Waals surface area contributed by atoms with Gasteiger partial charge in [0.2, 0.25) is 0 Å². The molecule has 3 heteroatoms. The molecule has 0 amide bonds. The second kappa shape index (κ2) is 6.14. The highest BCUT2D eigenvalue weighted by Crippen LogP contribution is 2.12. The quantitative estimate of drug-likeness (QED) is 0.764. The number of nitrogens with zero attached hydrogens (tertiary/aromatic N) is 1. The van der Waals surface area contributed by atoms with Gasteiger partial charge in [-0.15, -0.1) is 0 Å². The zero-order valence-electron chi connectivity index (χ0n) is 10.8. The molecule has 0 aliphatic heterocycles. The Morgan fingerprint density at radius 1 is 1.05 bits per heavy atom. The van der Waals surface area contributed by atoms with Crippen LogP contribution in [0.2, 0.25) is 0 Å². The summed E-state index contributed by atoms with van der Waals surface area (Å²) < 4.78 is 12.8. The largest absolute Gasteiger partial charge is 0.374 e. The van der Waals surface area contributed by atoms with E-state index in [4.69, 9.17) is 0 Å². The van der Waals surface area contributed by atoms with Gasteiger partial charge in [-0.1, -0.05) is 18.2 Å². The number of anilines is 1. The van der Waals surface area contributed by atoms with Gasteiger partial charge < -0.3 is 4.90 Å². The number of benzene rings is 2. The van der Waals surface area contributed by atoms with E-state index in [1.165, 1.54) is 24.3 Å². The molecule has 0 spiro atoms. The Bertz CT molecular complexity index is 536. The van der Waals surface area contributed by atoms with Crippen molar-refractivity contribution in [1.29, 1.82) is 0 Å². The van der Waals surface area contributed by atoms with Crippen LogP contribution < -0.4 is 4.90 Å². The molecule has 0 heterocycles. The highest BCUT2D eigenvalue weighted by Gasteiger charge is 2.08. The number of ketones is 1. The van der Waals surface area contributed by atoms with Gasteiger partial charge in [0, 0.05) is 31.3 Å². The molecule has 0 aliphatic rings. The summed E-state index contributed by atoms with van der Waals surface area (Å²) >= 11 is 0. The van der Waals surface area contributed by atoms with Gasteiger partial charge in [-0.3, -0.25) is 4.79 Å². The van der Waals surface area contributed by atoms with Gasteiger partial charge in [0.1, 0.15) is 5.82 Å². The predicted molar refractivity (Wildman–Crippen MR) is 75.1 cm³/mol. The minimum atomic E-state index is -0.321. The van der Waals surface area contributed by atoms with Crippen molar-refractivity contribution >= 4 is 11.5 Å². The Kier molecular flexibility index (Phi) is 4.29. The maximum atomic E-state index is 12.8. The van der Waals surface area contributed by atoms with Gasteiger partial charge in [-0.2, -0.15) is 0 Å². The number of hydrogen-bond acceptors (Lipinski definition) is 2. The second-order valence-corrected chi connectivity index (χ2v) is 4.44. The van der Waals surface area contributed by atoms with Gasteiger partial charge in [-0.25, -0.2) is 4.39 Å². The lowest BCUT2D eigenvalue weighted by molar-refractivity contribution is 0.0985. The van der Waals surface area contributed by atoms with Crippen LogP contribution in [0.25, 0.3) is 0 Å². The van der Waals surface area contributed by atoms with Crippen molar-refractivity contribution < 1.29 is 9.18 Å². The average Bonchev–Trinajstić information content (AvgIpc) is 2.46. The summed E-state index contributed by atoms with van der Waals surface area (Å²) in [6.45, 7) is 0.639. The smallest absolute Gasteiger partial charge is 0.164 e. The van der Waals surface area contributed by atoms with Crippen LogP contribution in [0.1, 0.15) is 16.8 Å². The zero-order valence-corrected chi connectivity index (χ0v) is 10.8. The number of rotatable bonds is 5. The molecule has 2 aromatic carbocycles. The Hall–Kier alpha value is -2.16. The fraction of sp³-hybridized carbons (Fsp3) is 0.188. The van der Waals surface area contributed by atoms with Crippen LogP contribution in [0.5, 0.6) is 0 Å². The molecule has 0 fully saturated rings. The first-order valence-corrected chi connectivity index (χ1v) is 6.22. The van der Waals surface area contributed by atoms with Crippen LogP contribution in [0.3, 0.4) is 0 Å². The number of hydrogen-bond donors (Lipinski definition) is 0. The minimum absolute atomic E-state index is 0.0304. The SMILES string of the molecule is CN(CCC(=O)c1ccc(F)cc1)c1ccccc1. The number of Topliss-reactive ketones (excluding diaryl/α,β-unsaturated/α-hetero) is 1. The van der Waals surface area contributed by atoms with Crippen molar-refractivity contribution in [3.05, 3.63) is 66.0 Å². The van der Waals surface area contributed by atoms with Crippen molar-refractivity contribution in [1.82, 2.24) is 0 Å². The van der Waals surface area contributed by atoms with Crippen LogP contribution in [-0.4, -0.2) is 19.4 Å². The second-order valence-electron chi connectivity index (χ2n) is 4.44. The fourth-order valence-electron chi connectivity index (χ4n) is 1.86. The van der Waals surface area contributed by atoms with Gasteiger partial charge >= 0.3 is 0 Å². The van der Waals surface area contributed by atoms with Crippen molar-refractivity contribution in [2.24, 2.45) is 0 Å². The third-order valence-electron chi connectivity index (χ3n) is 3.04. The lowest BCUT2D eigenvalue weighted by Crippen LogP contribution is -2.21. The number of carbonyl (C=O) groups is 1. The minimum Gasteiger partial charge on any atom is -0.374 e.